The minimum absolute atomic E-state index is 0.0436. The third kappa shape index (κ3) is 4.22. The van der Waals surface area contributed by atoms with E-state index in [9.17, 15) is 4.79 Å². The molecule has 0 saturated heterocycles. The molecule has 5 heteroatoms. The van der Waals surface area contributed by atoms with E-state index in [1.54, 1.807) is 23.5 Å². The average Bonchev–Trinajstić information content (AvgIpc) is 2.67. The van der Waals surface area contributed by atoms with Crippen molar-refractivity contribution >= 4 is 40.3 Å². The van der Waals surface area contributed by atoms with E-state index in [1.165, 1.54) is 4.90 Å². The summed E-state index contributed by atoms with van der Waals surface area (Å²) < 4.78 is 0. The Balaban J connectivity index is 2.03. The van der Waals surface area contributed by atoms with Crippen LogP contribution >= 0.6 is 23.5 Å². The number of aromatic nitrogens is 1. The van der Waals surface area contributed by atoms with Crippen molar-refractivity contribution in [3.8, 4) is 0 Å². The zero-order valence-electron chi connectivity index (χ0n) is 15.2. The van der Waals surface area contributed by atoms with Gasteiger partial charge in [-0.3, -0.25) is 4.79 Å². The second-order valence-corrected chi connectivity index (χ2v) is 7.97. The molecule has 0 aliphatic heterocycles. The van der Waals surface area contributed by atoms with Gasteiger partial charge in [-0.15, -0.1) is 11.8 Å². The van der Waals surface area contributed by atoms with Crippen molar-refractivity contribution in [2.75, 3.05) is 6.26 Å². The molecule has 3 rings (SSSR count). The van der Waals surface area contributed by atoms with E-state index in [0.29, 0.717) is 5.56 Å². The summed E-state index contributed by atoms with van der Waals surface area (Å²) >= 11 is 3.31. The van der Waals surface area contributed by atoms with Crippen LogP contribution in [0.15, 0.2) is 69.4 Å². The molecule has 26 heavy (non-hydrogen) atoms. The van der Waals surface area contributed by atoms with Gasteiger partial charge in [0.2, 0.25) is 0 Å². The number of nitrogens with one attached hydrogen (secondary N) is 1. The predicted molar refractivity (Wildman–Crippen MR) is 111 cm³/mol. The molecule has 0 aliphatic rings. The third-order valence-corrected chi connectivity index (χ3v) is 6.13. The Morgan fingerprint density at radius 2 is 1.81 bits per heavy atom. The largest absolute Gasteiger partial charge is 0.350 e. The second-order valence-electron chi connectivity index (χ2n) is 6.06. The first-order chi connectivity index (χ1) is 12.6. The standard InChI is InChI=1S/C21H22N2OS2/c1-4-14(2)22-21(24)16-13-20(23-17-10-6-5-9-15(16)17)26-19-12-8-7-11-18(19)25-3/h5-14H,4H2,1-3H3,(H,22,24). The molecule has 1 heterocycles. The fraction of sp³-hybridized carbons (Fsp3) is 0.238. The van der Waals surface area contributed by atoms with Gasteiger partial charge in [0.25, 0.3) is 5.91 Å². The molecule has 3 nitrogen and oxygen atoms in total. The number of nitrogens with zero attached hydrogens (tertiary/aromatic N) is 1. The van der Waals surface area contributed by atoms with Crippen LogP contribution in [0.5, 0.6) is 0 Å². The molecule has 0 radical (unpaired) electrons. The first-order valence-electron chi connectivity index (χ1n) is 8.64. The number of hydrogen-bond donors (Lipinski definition) is 1. The Morgan fingerprint density at radius 1 is 1.12 bits per heavy atom. The van der Waals surface area contributed by atoms with Crippen LogP contribution in [-0.4, -0.2) is 23.2 Å². The summed E-state index contributed by atoms with van der Waals surface area (Å²) in [7, 11) is 0. The number of pyridine rings is 1. The van der Waals surface area contributed by atoms with Gasteiger partial charge >= 0.3 is 0 Å². The van der Waals surface area contributed by atoms with E-state index in [0.717, 1.165) is 27.2 Å². The highest BCUT2D eigenvalue weighted by atomic mass is 32.2. The van der Waals surface area contributed by atoms with Gasteiger partial charge in [0, 0.05) is 21.2 Å². The maximum atomic E-state index is 12.8. The van der Waals surface area contributed by atoms with E-state index in [-0.39, 0.29) is 11.9 Å². The van der Waals surface area contributed by atoms with Crippen LogP contribution in [0.4, 0.5) is 0 Å². The quantitative estimate of drug-likeness (QED) is 0.561. The zero-order valence-corrected chi connectivity index (χ0v) is 16.8. The molecule has 0 spiro atoms. The molecule has 1 unspecified atom stereocenters. The van der Waals surface area contributed by atoms with Gasteiger partial charge in [0.1, 0.15) is 5.03 Å². The highest BCUT2D eigenvalue weighted by Crippen LogP contribution is 2.35. The SMILES string of the molecule is CCC(C)NC(=O)c1cc(Sc2ccccc2SC)nc2ccccc12. The van der Waals surface area contributed by atoms with Gasteiger partial charge in [-0.05, 0) is 43.9 Å². The molecule has 1 amide bonds. The van der Waals surface area contributed by atoms with Crippen molar-refractivity contribution in [1.29, 1.82) is 0 Å². The van der Waals surface area contributed by atoms with Crippen molar-refractivity contribution in [2.24, 2.45) is 0 Å². The van der Waals surface area contributed by atoms with Crippen LogP contribution in [0.1, 0.15) is 30.6 Å². The van der Waals surface area contributed by atoms with Crippen LogP contribution in [0.25, 0.3) is 10.9 Å². The van der Waals surface area contributed by atoms with Gasteiger partial charge < -0.3 is 5.32 Å². The summed E-state index contributed by atoms with van der Waals surface area (Å²) in [5.41, 5.74) is 1.52. The molecular weight excluding hydrogens is 360 g/mol. The van der Waals surface area contributed by atoms with Crippen LogP contribution in [-0.2, 0) is 0 Å². The monoisotopic (exact) mass is 382 g/mol. The lowest BCUT2D eigenvalue weighted by Crippen LogP contribution is -2.32. The summed E-state index contributed by atoms with van der Waals surface area (Å²) in [5.74, 6) is -0.0436. The van der Waals surface area contributed by atoms with Gasteiger partial charge in [-0.2, -0.15) is 0 Å². The number of benzene rings is 2. The van der Waals surface area contributed by atoms with Crippen molar-refractivity contribution in [3.05, 3.63) is 60.2 Å². The second kappa shape index (κ2) is 8.60. The molecule has 1 N–H and O–H groups in total. The average molecular weight is 383 g/mol. The van der Waals surface area contributed by atoms with E-state index in [1.807, 2.05) is 49.4 Å². The fourth-order valence-corrected chi connectivity index (χ4v) is 4.33. The van der Waals surface area contributed by atoms with E-state index < -0.39 is 0 Å². The van der Waals surface area contributed by atoms with Gasteiger partial charge in [-0.1, -0.05) is 49.0 Å². The highest BCUT2D eigenvalue weighted by molar-refractivity contribution is 8.02. The molecule has 0 saturated carbocycles. The highest BCUT2D eigenvalue weighted by Gasteiger charge is 2.15. The Labute approximate surface area is 163 Å². The molecule has 2 aromatic carbocycles. The fourth-order valence-electron chi connectivity index (χ4n) is 2.61. The van der Waals surface area contributed by atoms with Crippen LogP contribution in [0.3, 0.4) is 0 Å². The van der Waals surface area contributed by atoms with Gasteiger partial charge in [-0.25, -0.2) is 4.98 Å². The first kappa shape index (κ1) is 18.8. The minimum atomic E-state index is -0.0436. The molecule has 0 aliphatic carbocycles. The molecule has 134 valence electrons. The van der Waals surface area contributed by atoms with E-state index in [4.69, 9.17) is 4.98 Å². The third-order valence-electron chi connectivity index (χ3n) is 4.21. The number of rotatable bonds is 6. The summed E-state index contributed by atoms with van der Waals surface area (Å²) in [6.07, 6.45) is 2.97. The number of hydrogen-bond acceptors (Lipinski definition) is 4. The summed E-state index contributed by atoms with van der Waals surface area (Å²) in [4.78, 5) is 19.9. The number of carbonyl (C=O) groups is 1. The minimum Gasteiger partial charge on any atom is -0.350 e. The Kier molecular flexibility index (Phi) is 6.22. The van der Waals surface area contributed by atoms with Gasteiger partial charge in [0.05, 0.1) is 11.1 Å². The van der Waals surface area contributed by atoms with E-state index >= 15 is 0 Å². The number of amides is 1. The summed E-state index contributed by atoms with van der Waals surface area (Å²) in [5, 5.41) is 4.79. The number of thioether (sulfide) groups is 1. The summed E-state index contributed by atoms with van der Waals surface area (Å²) in [6, 6.07) is 18.1. The smallest absolute Gasteiger partial charge is 0.252 e. The lowest BCUT2D eigenvalue weighted by atomic mass is 10.1. The van der Waals surface area contributed by atoms with Crippen LogP contribution in [0.2, 0.25) is 0 Å². The number of fused-ring (bicyclic) bond motifs is 1. The van der Waals surface area contributed by atoms with E-state index in [2.05, 4.69) is 30.6 Å². The molecule has 0 bridgehead atoms. The molecule has 0 fully saturated rings. The maximum Gasteiger partial charge on any atom is 0.252 e. The molecule has 1 aromatic heterocycles. The maximum absolute atomic E-state index is 12.8. The number of carbonyl (C=O) groups excluding carboxylic acids is 1. The lowest BCUT2D eigenvalue weighted by molar-refractivity contribution is 0.0940. The van der Waals surface area contributed by atoms with Crippen molar-refractivity contribution in [3.63, 3.8) is 0 Å². The lowest BCUT2D eigenvalue weighted by Gasteiger charge is -2.14. The van der Waals surface area contributed by atoms with Crippen LogP contribution in [0, 0.1) is 0 Å². The molecule has 3 aromatic rings. The van der Waals surface area contributed by atoms with Crippen molar-refractivity contribution < 1.29 is 4.79 Å². The van der Waals surface area contributed by atoms with Crippen molar-refractivity contribution in [1.82, 2.24) is 10.3 Å². The Morgan fingerprint density at radius 3 is 2.54 bits per heavy atom. The first-order valence-corrected chi connectivity index (χ1v) is 10.7. The zero-order chi connectivity index (χ0) is 18.5. The van der Waals surface area contributed by atoms with Crippen LogP contribution < -0.4 is 5.32 Å². The topological polar surface area (TPSA) is 42.0 Å². The predicted octanol–water partition coefficient (Wildman–Crippen LogP) is 5.64. The molecular formula is C21H22N2OS2. The van der Waals surface area contributed by atoms with Gasteiger partial charge in [0.15, 0.2) is 0 Å². The normalized spacial score (nSPS) is 12.1. The molecule has 1 atom stereocenters. The summed E-state index contributed by atoms with van der Waals surface area (Å²) in [6.45, 7) is 4.09. The Bertz CT molecular complexity index is 927. The number of para-hydroxylation sites is 1. The van der Waals surface area contributed by atoms with Crippen molar-refractivity contribution in [2.45, 2.75) is 41.1 Å². The Hall–Kier alpha value is -1.98.